The summed E-state index contributed by atoms with van der Waals surface area (Å²) in [6.07, 6.45) is -0.422. The smallest absolute Gasteiger partial charge is 0.153 e. The monoisotopic (exact) mass is 304 g/mol. The van der Waals surface area contributed by atoms with E-state index in [9.17, 15) is 18.6 Å². The minimum atomic E-state index is -1.35. The van der Waals surface area contributed by atoms with E-state index >= 15 is 0 Å². The molecule has 106 valence electrons. The van der Waals surface area contributed by atoms with E-state index in [-0.39, 0.29) is 17.3 Å². The highest BCUT2D eigenvalue weighted by Crippen LogP contribution is 2.44. The number of Topliss-reactive ketones (excluding diaryl/α,β-unsaturated/α-hetero) is 3. The molecular weight excluding hydrogens is 288 g/mol. The summed E-state index contributed by atoms with van der Waals surface area (Å²) in [7, 11) is -0.156. The molecule has 2 heterocycles. The van der Waals surface area contributed by atoms with Crippen LogP contribution >= 0.6 is 10.8 Å². The van der Waals surface area contributed by atoms with Gasteiger partial charge in [-0.2, -0.15) is 0 Å². The minimum absolute atomic E-state index is 0.150. The number of rotatable bonds is 3. The summed E-state index contributed by atoms with van der Waals surface area (Å²) < 4.78 is 17.6. The van der Waals surface area contributed by atoms with Gasteiger partial charge >= 0.3 is 0 Å². The maximum atomic E-state index is 12.0. The predicted molar refractivity (Wildman–Crippen MR) is 71.8 cm³/mol. The SMILES string of the molecule is CC(=O)[C@@H]1[C@H](C(C)=O)[C@H]2O[C@H](CSS2=O)[C@H]1C(C)=O. The lowest BCUT2D eigenvalue weighted by atomic mass is 9.71. The van der Waals surface area contributed by atoms with Crippen molar-refractivity contribution >= 4 is 38.0 Å². The molecular formula is C12H16O5S2. The van der Waals surface area contributed by atoms with Gasteiger partial charge in [0.2, 0.25) is 0 Å². The standard InChI is InChI=1S/C12H16O5S2/c1-5(13)9-8-4-18-19(16)12(17-8)11(7(3)15)10(9)6(2)14/h8-12H,4H2,1-3H3/t8-,9-,10+,11+,12+,19?/m1/s1. The lowest BCUT2D eigenvalue weighted by Crippen LogP contribution is -2.58. The minimum Gasteiger partial charge on any atom is -0.358 e. The van der Waals surface area contributed by atoms with Gasteiger partial charge in [0, 0.05) is 11.7 Å². The van der Waals surface area contributed by atoms with E-state index in [4.69, 9.17) is 4.74 Å². The molecule has 0 spiro atoms. The summed E-state index contributed by atoms with van der Waals surface area (Å²) >= 11 is 0. The van der Waals surface area contributed by atoms with Crippen LogP contribution < -0.4 is 0 Å². The second-order valence-corrected chi connectivity index (χ2v) is 8.24. The summed E-state index contributed by atoms with van der Waals surface area (Å²) in [5.74, 6) is -2.27. The van der Waals surface area contributed by atoms with Crippen molar-refractivity contribution in [2.45, 2.75) is 32.3 Å². The van der Waals surface area contributed by atoms with Crippen LogP contribution in [0.5, 0.6) is 0 Å². The Morgan fingerprint density at radius 1 is 1.00 bits per heavy atom. The molecule has 19 heavy (non-hydrogen) atoms. The van der Waals surface area contributed by atoms with Crippen LogP contribution in [0.3, 0.4) is 0 Å². The van der Waals surface area contributed by atoms with Crippen molar-refractivity contribution < 1.29 is 23.3 Å². The largest absolute Gasteiger partial charge is 0.358 e. The molecule has 2 aliphatic rings. The van der Waals surface area contributed by atoms with E-state index in [1.807, 2.05) is 0 Å². The average molecular weight is 304 g/mol. The molecule has 0 N–H and O–H groups in total. The third kappa shape index (κ3) is 2.55. The molecule has 0 saturated carbocycles. The maximum absolute atomic E-state index is 12.0. The van der Waals surface area contributed by atoms with Crippen LogP contribution in [0.1, 0.15) is 20.8 Å². The molecule has 6 atom stereocenters. The Kier molecular flexibility index (Phi) is 4.27. The van der Waals surface area contributed by atoms with Crippen LogP contribution in [0.2, 0.25) is 0 Å². The highest BCUT2D eigenvalue weighted by molar-refractivity contribution is 8.69. The molecule has 2 aliphatic heterocycles. The first-order chi connectivity index (χ1) is 8.84. The van der Waals surface area contributed by atoms with E-state index in [2.05, 4.69) is 0 Å². The van der Waals surface area contributed by atoms with Gasteiger partial charge in [-0.05, 0) is 20.8 Å². The van der Waals surface area contributed by atoms with Gasteiger partial charge in [-0.15, -0.1) is 0 Å². The molecule has 2 saturated heterocycles. The number of carbonyl (C=O) groups excluding carboxylic acids is 3. The predicted octanol–water partition coefficient (Wildman–Crippen LogP) is 0.737. The first-order valence-corrected chi connectivity index (χ1v) is 8.76. The molecule has 7 heteroatoms. The normalized spacial score (nSPS) is 41.6. The van der Waals surface area contributed by atoms with Crippen LogP contribution in [0.15, 0.2) is 0 Å². The summed E-state index contributed by atoms with van der Waals surface area (Å²) in [4.78, 5) is 35.6. The number of ketones is 3. The zero-order valence-corrected chi connectivity index (χ0v) is 12.6. The first kappa shape index (κ1) is 14.9. The van der Waals surface area contributed by atoms with E-state index in [0.717, 1.165) is 0 Å². The van der Waals surface area contributed by atoms with Gasteiger partial charge in [0.15, 0.2) is 5.44 Å². The van der Waals surface area contributed by atoms with Gasteiger partial charge < -0.3 is 4.74 Å². The highest BCUT2D eigenvalue weighted by Gasteiger charge is 2.55. The van der Waals surface area contributed by atoms with Gasteiger partial charge in [0.05, 0.1) is 17.9 Å². The average Bonchev–Trinajstić information content (AvgIpc) is 2.31. The first-order valence-electron chi connectivity index (χ1n) is 6.05. The fourth-order valence-electron chi connectivity index (χ4n) is 2.94. The van der Waals surface area contributed by atoms with E-state index in [0.29, 0.717) is 5.75 Å². The molecule has 2 bridgehead atoms. The van der Waals surface area contributed by atoms with Crippen LogP contribution in [-0.4, -0.2) is 38.9 Å². The van der Waals surface area contributed by atoms with Crippen LogP contribution in [-0.2, 0) is 29.0 Å². The molecule has 5 nitrogen and oxygen atoms in total. The van der Waals surface area contributed by atoms with Crippen molar-refractivity contribution in [2.24, 2.45) is 17.8 Å². The van der Waals surface area contributed by atoms with Gasteiger partial charge in [0.1, 0.15) is 27.2 Å². The van der Waals surface area contributed by atoms with Crippen molar-refractivity contribution in [3.05, 3.63) is 0 Å². The molecule has 0 aromatic heterocycles. The number of carbonyl (C=O) groups is 3. The van der Waals surface area contributed by atoms with Crippen molar-refractivity contribution in [3.63, 3.8) is 0 Å². The third-order valence-corrected chi connectivity index (χ3v) is 6.88. The van der Waals surface area contributed by atoms with Crippen molar-refractivity contribution in [2.75, 3.05) is 5.75 Å². The van der Waals surface area contributed by atoms with E-state index < -0.39 is 39.1 Å². The molecule has 1 unspecified atom stereocenters. The Balaban J connectivity index is 2.47. The van der Waals surface area contributed by atoms with Crippen molar-refractivity contribution in [1.29, 1.82) is 0 Å². The van der Waals surface area contributed by atoms with Crippen LogP contribution in [0.4, 0.5) is 0 Å². The number of hydrogen-bond donors (Lipinski definition) is 0. The molecule has 0 aliphatic carbocycles. The zero-order chi connectivity index (χ0) is 14.3. The lowest BCUT2D eigenvalue weighted by molar-refractivity contribution is -0.159. The van der Waals surface area contributed by atoms with Gasteiger partial charge in [-0.1, -0.05) is 10.8 Å². The fourth-order valence-corrected chi connectivity index (χ4v) is 6.16. The number of hydrogen-bond acceptors (Lipinski definition) is 6. The second kappa shape index (κ2) is 5.46. The number of ether oxygens (including phenoxy) is 1. The molecule has 0 radical (unpaired) electrons. The Hall–Kier alpha value is -0.530. The molecule has 0 aromatic carbocycles. The van der Waals surface area contributed by atoms with Crippen molar-refractivity contribution in [3.8, 4) is 0 Å². The maximum Gasteiger partial charge on any atom is 0.153 e. The second-order valence-electron chi connectivity index (χ2n) is 5.00. The van der Waals surface area contributed by atoms with E-state index in [1.54, 1.807) is 0 Å². The van der Waals surface area contributed by atoms with Crippen LogP contribution in [0.25, 0.3) is 0 Å². The van der Waals surface area contributed by atoms with Gasteiger partial charge in [0.25, 0.3) is 0 Å². The molecule has 0 aromatic rings. The fraction of sp³-hybridized carbons (Fsp3) is 0.750. The van der Waals surface area contributed by atoms with Gasteiger partial charge in [-0.25, -0.2) is 4.21 Å². The highest BCUT2D eigenvalue weighted by atomic mass is 33.1. The Morgan fingerprint density at radius 2 is 1.53 bits per heavy atom. The Morgan fingerprint density at radius 3 is 2.00 bits per heavy atom. The molecule has 2 rings (SSSR count). The number of fused-ring (bicyclic) bond motifs is 2. The molecule has 0 amide bonds. The topological polar surface area (TPSA) is 77.5 Å². The summed E-state index contributed by atoms with van der Waals surface area (Å²) in [6, 6.07) is 0. The lowest BCUT2D eigenvalue weighted by Gasteiger charge is -2.46. The van der Waals surface area contributed by atoms with Crippen molar-refractivity contribution in [1.82, 2.24) is 0 Å². The summed E-state index contributed by atoms with van der Waals surface area (Å²) in [5.41, 5.74) is -0.772. The molecule has 2 fully saturated rings. The van der Waals surface area contributed by atoms with E-state index in [1.165, 1.54) is 31.6 Å². The summed E-state index contributed by atoms with van der Waals surface area (Å²) in [6.45, 7) is 4.16. The Bertz CT molecular complexity index is 461. The van der Waals surface area contributed by atoms with Gasteiger partial charge in [-0.3, -0.25) is 14.4 Å². The quantitative estimate of drug-likeness (QED) is 0.716. The Labute approximate surface area is 117 Å². The third-order valence-electron chi connectivity index (χ3n) is 3.72. The van der Waals surface area contributed by atoms with Crippen LogP contribution in [0, 0.1) is 17.8 Å². The zero-order valence-electron chi connectivity index (χ0n) is 11.0. The summed E-state index contributed by atoms with van der Waals surface area (Å²) in [5, 5.41) is 0.